The van der Waals surface area contributed by atoms with Crippen molar-refractivity contribution in [2.24, 2.45) is 0 Å². The van der Waals surface area contributed by atoms with Crippen LogP contribution in [0.15, 0.2) is 28.8 Å². The fourth-order valence-electron chi connectivity index (χ4n) is 4.05. The number of likely N-dealkylation sites (tertiary alicyclic amines) is 1. The second-order valence-electron chi connectivity index (χ2n) is 7.31. The number of nitrogens with zero attached hydrogens (tertiary/aromatic N) is 2. The fourth-order valence-corrected chi connectivity index (χ4v) is 4.05. The SMILES string of the molecule is Cc1noc(C)c1CN1CCCC2(CC1)CC(=O)c1ccccc1O2. The first-order valence-electron chi connectivity index (χ1n) is 9.02. The molecule has 2 aliphatic heterocycles. The van der Waals surface area contributed by atoms with E-state index in [9.17, 15) is 4.79 Å². The van der Waals surface area contributed by atoms with Crippen LogP contribution in [0.4, 0.5) is 0 Å². The van der Waals surface area contributed by atoms with E-state index < -0.39 is 0 Å². The van der Waals surface area contributed by atoms with Crippen molar-refractivity contribution >= 4 is 5.78 Å². The number of hydrogen-bond donors (Lipinski definition) is 0. The molecule has 4 rings (SSSR count). The predicted molar refractivity (Wildman–Crippen MR) is 93.9 cm³/mol. The van der Waals surface area contributed by atoms with Crippen LogP contribution < -0.4 is 4.74 Å². The second kappa shape index (κ2) is 6.30. The van der Waals surface area contributed by atoms with E-state index >= 15 is 0 Å². The highest BCUT2D eigenvalue weighted by molar-refractivity contribution is 6.00. The Morgan fingerprint density at radius 1 is 1.20 bits per heavy atom. The molecule has 1 spiro atoms. The van der Waals surface area contributed by atoms with Crippen molar-refractivity contribution in [3.63, 3.8) is 0 Å². The summed E-state index contributed by atoms with van der Waals surface area (Å²) >= 11 is 0. The van der Waals surface area contributed by atoms with E-state index in [0.29, 0.717) is 6.42 Å². The lowest BCUT2D eigenvalue weighted by Crippen LogP contribution is -2.42. The Labute approximate surface area is 147 Å². The molecule has 1 saturated heterocycles. The molecule has 0 amide bonds. The maximum absolute atomic E-state index is 12.6. The minimum atomic E-state index is -0.348. The summed E-state index contributed by atoms with van der Waals surface area (Å²) in [6.45, 7) is 6.73. The van der Waals surface area contributed by atoms with Crippen LogP contribution in [0.3, 0.4) is 0 Å². The number of ether oxygens (including phenoxy) is 1. The summed E-state index contributed by atoms with van der Waals surface area (Å²) in [6, 6.07) is 7.62. The van der Waals surface area contributed by atoms with Gasteiger partial charge < -0.3 is 9.26 Å². The Balaban J connectivity index is 1.49. The summed E-state index contributed by atoms with van der Waals surface area (Å²) in [5, 5.41) is 4.05. The number of aromatic nitrogens is 1. The minimum absolute atomic E-state index is 0.209. The smallest absolute Gasteiger partial charge is 0.170 e. The molecule has 0 aliphatic carbocycles. The lowest BCUT2D eigenvalue weighted by atomic mass is 9.84. The molecular weight excluding hydrogens is 316 g/mol. The molecule has 2 aliphatic rings. The highest BCUT2D eigenvalue weighted by Crippen LogP contribution is 2.39. The van der Waals surface area contributed by atoms with Gasteiger partial charge in [0.2, 0.25) is 0 Å². The van der Waals surface area contributed by atoms with Crippen LogP contribution in [0.1, 0.15) is 53.1 Å². The fraction of sp³-hybridized carbons (Fsp3) is 0.500. The van der Waals surface area contributed by atoms with Gasteiger partial charge in [-0.1, -0.05) is 17.3 Å². The number of ketones is 1. The van der Waals surface area contributed by atoms with Crippen LogP contribution in [0.2, 0.25) is 0 Å². The molecule has 0 bridgehead atoms. The molecule has 5 nitrogen and oxygen atoms in total. The molecule has 1 unspecified atom stereocenters. The Kier molecular flexibility index (Phi) is 4.12. The molecule has 25 heavy (non-hydrogen) atoms. The third kappa shape index (κ3) is 3.09. The zero-order chi connectivity index (χ0) is 17.4. The van der Waals surface area contributed by atoms with Gasteiger partial charge in [-0.25, -0.2) is 0 Å². The predicted octanol–water partition coefficient (Wildman–Crippen LogP) is 3.68. The Bertz CT molecular complexity index is 778. The van der Waals surface area contributed by atoms with Crippen molar-refractivity contribution in [1.29, 1.82) is 0 Å². The maximum Gasteiger partial charge on any atom is 0.170 e. The third-order valence-electron chi connectivity index (χ3n) is 5.55. The number of carbonyl (C=O) groups is 1. The first-order valence-corrected chi connectivity index (χ1v) is 9.02. The van der Waals surface area contributed by atoms with E-state index in [-0.39, 0.29) is 11.4 Å². The van der Waals surface area contributed by atoms with Crippen LogP contribution in [-0.4, -0.2) is 34.5 Å². The van der Waals surface area contributed by atoms with Gasteiger partial charge in [-0.05, 0) is 45.4 Å². The Morgan fingerprint density at radius 2 is 2.04 bits per heavy atom. The van der Waals surface area contributed by atoms with Gasteiger partial charge in [0.15, 0.2) is 5.78 Å². The van der Waals surface area contributed by atoms with Crippen molar-refractivity contribution in [3.05, 3.63) is 46.8 Å². The quantitative estimate of drug-likeness (QED) is 0.835. The van der Waals surface area contributed by atoms with Gasteiger partial charge in [0.25, 0.3) is 0 Å². The van der Waals surface area contributed by atoms with Gasteiger partial charge in [-0.15, -0.1) is 0 Å². The summed E-state index contributed by atoms with van der Waals surface area (Å²) in [5.41, 5.74) is 2.53. The number of hydrogen-bond acceptors (Lipinski definition) is 5. The summed E-state index contributed by atoms with van der Waals surface area (Å²) in [5.74, 6) is 1.86. The second-order valence-corrected chi connectivity index (χ2v) is 7.31. The van der Waals surface area contributed by atoms with Crippen LogP contribution >= 0.6 is 0 Å². The zero-order valence-corrected chi connectivity index (χ0v) is 14.9. The minimum Gasteiger partial charge on any atom is -0.486 e. The molecule has 5 heteroatoms. The topological polar surface area (TPSA) is 55.6 Å². The van der Waals surface area contributed by atoms with Gasteiger partial charge in [-0.2, -0.15) is 0 Å². The molecule has 1 aromatic carbocycles. The van der Waals surface area contributed by atoms with E-state index in [1.165, 1.54) is 5.56 Å². The summed E-state index contributed by atoms with van der Waals surface area (Å²) in [7, 11) is 0. The molecule has 1 fully saturated rings. The standard InChI is InChI=1S/C20H24N2O3/c1-14-17(15(2)25-21-14)13-22-10-5-8-20(9-11-22)12-18(23)16-6-3-4-7-19(16)24-20/h3-4,6-7H,5,8-13H2,1-2H3. The number of para-hydroxylation sites is 1. The lowest BCUT2D eigenvalue weighted by Gasteiger charge is -2.37. The lowest BCUT2D eigenvalue weighted by molar-refractivity contribution is 0.0299. The Hall–Kier alpha value is -2.14. The van der Waals surface area contributed by atoms with Gasteiger partial charge in [-0.3, -0.25) is 9.69 Å². The normalized spacial score (nSPS) is 24.0. The molecule has 132 valence electrons. The highest BCUT2D eigenvalue weighted by atomic mass is 16.5. The molecule has 2 aromatic rings. The molecule has 0 radical (unpaired) electrons. The van der Waals surface area contributed by atoms with E-state index in [1.807, 2.05) is 38.1 Å². The van der Waals surface area contributed by atoms with Crippen molar-refractivity contribution < 1.29 is 14.1 Å². The number of Topliss-reactive ketones (excluding diaryl/α,β-unsaturated/α-hetero) is 1. The van der Waals surface area contributed by atoms with Gasteiger partial charge in [0.05, 0.1) is 17.7 Å². The highest BCUT2D eigenvalue weighted by Gasteiger charge is 2.41. The van der Waals surface area contributed by atoms with Gasteiger partial charge in [0, 0.05) is 25.1 Å². The third-order valence-corrected chi connectivity index (χ3v) is 5.55. The van der Waals surface area contributed by atoms with E-state index in [0.717, 1.165) is 61.7 Å². The summed E-state index contributed by atoms with van der Waals surface area (Å²) < 4.78 is 11.6. The number of carbonyl (C=O) groups excluding carboxylic acids is 1. The first-order chi connectivity index (χ1) is 12.1. The van der Waals surface area contributed by atoms with E-state index in [1.54, 1.807) is 0 Å². The monoisotopic (exact) mass is 340 g/mol. The van der Waals surface area contributed by atoms with Gasteiger partial charge >= 0.3 is 0 Å². The average molecular weight is 340 g/mol. The molecule has 1 atom stereocenters. The number of aryl methyl sites for hydroxylation is 2. The zero-order valence-electron chi connectivity index (χ0n) is 14.9. The van der Waals surface area contributed by atoms with Crippen molar-refractivity contribution in [2.75, 3.05) is 13.1 Å². The maximum atomic E-state index is 12.6. The van der Waals surface area contributed by atoms with Crippen LogP contribution in [-0.2, 0) is 6.54 Å². The summed E-state index contributed by atoms with van der Waals surface area (Å²) in [6.07, 6.45) is 3.31. The van der Waals surface area contributed by atoms with Crippen LogP contribution in [0.25, 0.3) is 0 Å². The molecular formula is C20H24N2O3. The largest absolute Gasteiger partial charge is 0.486 e. The first kappa shape index (κ1) is 16.3. The number of rotatable bonds is 2. The van der Waals surface area contributed by atoms with Gasteiger partial charge in [0.1, 0.15) is 17.1 Å². The molecule has 0 N–H and O–H groups in total. The molecule has 3 heterocycles. The van der Waals surface area contributed by atoms with Crippen LogP contribution in [0.5, 0.6) is 5.75 Å². The van der Waals surface area contributed by atoms with Crippen LogP contribution in [0, 0.1) is 13.8 Å². The molecule has 1 aromatic heterocycles. The van der Waals surface area contributed by atoms with E-state index in [4.69, 9.17) is 9.26 Å². The number of benzene rings is 1. The van der Waals surface area contributed by atoms with E-state index in [2.05, 4.69) is 10.1 Å². The number of fused-ring (bicyclic) bond motifs is 1. The summed E-state index contributed by atoms with van der Waals surface area (Å²) in [4.78, 5) is 15.0. The average Bonchev–Trinajstić information content (AvgIpc) is 2.80. The van der Waals surface area contributed by atoms with Crippen molar-refractivity contribution in [3.8, 4) is 5.75 Å². The molecule has 0 saturated carbocycles. The van der Waals surface area contributed by atoms with Crippen molar-refractivity contribution in [1.82, 2.24) is 10.1 Å². The Morgan fingerprint density at radius 3 is 2.84 bits per heavy atom. The van der Waals surface area contributed by atoms with Crippen molar-refractivity contribution in [2.45, 2.75) is 51.7 Å².